The molecule has 6 heteroatoms. The summed E-state index contributed by atoms with van der Waals surface area (Å²) in [6.45, 7) is 8.36. The largest absolute Gasteiger partial charge is 0.487 e. The highest BCUT2D eigenvalue weighted by Crippen LogP contribution is 2.41. The molecule has 3 heterocycles. The number of nitrogens with zero attached hydrogens (tertiary/aromatic N) is 1. The standard InChI is InChI=1S/C29H34N2O3S/c1-29(2,3)34-25-8-4-5-9-26(25)35-21-10-11-23-22(18-21)28(24(30-23)12-13-27(32)33)19-14-16-31-15-6-7-20(31)17-19/h4-5,8-11,14,18,20,30H,6-7,12-13,15-17H2,1-3H3,(H,32,33). The first-order valence-corrected chi connectivity index (χ1v) is 13.3. The molecule has 1 saturated heterocycles. The van der Waals surface area contributed by atoms with Gasteiger partial charge in [-0.25, -0.2) is 0 Å². The third-order valence-corrected chi connectivity index (χ3v) is 7.82. The van der Waals surface area contributed by atoms with Crippen molar-refractivity contribution in [3.8, 4) is 5.75 Å². The van der Waals surface area contributed by atoms with Crippen LogP contribution < -0.4 is 4.74 Å². The lowest BCUT2D eigenvalue weighted by molar-refractivity contribution is -0.136. The Bertz CT molecular complexity index is 1270. The van der Waals surface area contributed by atoms with Crippen LogP contribution in [0.4, 0.5) is 0 Å². The molecule has 0 amide bonds. The van der Waals surface area contributed by atoms with Crippen molar-refractivity contribution in [1.82, 2.24) is 9.88 Å². The summed E-state index contributed by atoms with van der Waals surface area (Å²) < 4.78 is 6.21. The average molecular weight is 491 g/mol. The van der Waals surface area contributed by atoms with Gasteiger partial charge in [0.05, 0.1) is 11.3 Å². The average Bonchev–Trinajstić information content (AvgIpc) is 3.41. The number of carboxylic acids is 1. The molecular formula is C29H34N2O3S. The van der Waals surface area contributed by atoms with Gasteiger partial charge >= 0.3 is 5.97 Å². The highest BCUT2D eigenvalue weighted by molar-refractivity contribution is 7.99. The molecule has 2 N–H and O–H groups in total. The van der Waals surface area contributed by atoms with Crippen LogP contribution in [0.25, 0.3) is 16.5 Å². The van der Waals surface area contributed by atoms with Crippen molar-refractivity contribution < 1.29 is 14.6 Å². The van der Waals surface area contributed by atoms with Gasteiger partial charge in [-0.1, -0.05) is 30.0 Å². The molecule has 1 fully saturated rings. The molecular weight excluding hydrogens is 456 g/mol. The van der Waals surface area contributed by atoms with E-state index in [0.717, 1.165) is 39.7 Å². The van der Waals surface area contributed by atoms with Crippen molar-refractivity contribution in [2.24, 2.45) is 0 Å². The normalized spacial score (nSPS) is 18.5. The predicted octanol–water partition coefficient (Wildman–Crippen LogP) is 6.77. The summed E-state index contributed by atoms with van der Waals surface area (Å²) in [7, 11) is 0. The van der Waals surface area contributed by atoms with Gasteiger partial charge in [0.1, 0.15) is 11.4 Å². The third-order valence-electron chi connectivity index (χ3n) is 6.78. The summed E-state index contributed by atoms with van der Waals surface area (Å²) in [5.74, 6) is 0.124. The Balaban J connectivity index is 1.52. The monoisotopic (exact) mass is 490 g/mol. The van der Waals surface area contributed by atoms with Crippen LogP contribution in [0.5, 0.6) is 5.75 Å². The maximum absolute atomic E-state index is 11.4. The number of aromatic nitrogens is 1. The van der Waals surface area contributed by atoms with Crippen molar-refractivity contribution in [1.29, 1.82) is 0 Å². The number of ether oxygens (including phenoxy) is 1. The number of aliphatic carboxylic acids is 1. The lowest BCUT2D eigenvalue weighted by Crippen LogP contribution is -2.32. The van der Waals surface area contributed by atoms with Gasteiger partial charge in [-0.2, -0.15) is 0 Å². The molecule has 0 bridgehead atoms. The van der Waals surface area contributed by atoms with E-state index >= 15 is 0 Å². The Hall–Kier alpha value is -2.70. The van der Waals surface area contributed by atoms with Crippen LogP contribution in [0, 0.1) is 0 Å². The van der Waals surface area contributed by atoms with Gasteiger partial charge < -0.3 is 14.8 Å². The van der Waals surface area contributed by atoms with Crippen LogP contribution >= 0.6 is 11.8 Å². The van der Waals surface area contributed by atoms with E-state index in [9.17, 15) is 9.90 Å². The zero-order chi connectivity index (χ0) is 24.6. The number of benzene rings is 2. The highest BCUT2D eigenvalue weighted by Gasteiger charge is 2.30. The Morgan fingerprint density at radius 1 is 1.23 bits per heavy atom. The number of H-pyrrole nitrogens is 1. The predicted molar refractivity (Wildman–Crippen MR) is 142 cm³/mol. The fourth-order valence-electron chi connectivity index (χ4n) is 5.29. The molecule has 5 nitrogen and oxygen atoms in total. The van der Waals surface area contributed by atoms with Crippen LogP contribution in [-0.2, 0) is 11.2 Å². The first kappa shape index (κ1) is 24.0. The molecule has 2 aliphatic heterocycles. The van der Waals surface area contributed by atoms with Gasteiger partial charge in [0.2, 0.25) is 0 Å². The molecule has 1 aromatic heterocycles. The van der Waals surface area contributed by atoms with E-state index in [1.54, 1.807) is 11.8 Å². The van der Waals surface area contributed by atoms with Gasteiger partial charge in [-0.05, 0) is 88.9 Å². The zero-order valence-electron chi connectivity index (χ0n) is 20.8. The van der Waals surface area contributed by atoms with Crippen molar-refractivity contribution in [2.45, 2.75) is 74.3 Å². The molecule has 184 valence electrons. The van der Waals surface area contributed by atoms with Gasteiger partial charge in [0, 0.05) is 39.6 Å². The van der Waals surface area contributed by atoms with E-state index in [1.165, 1.54) is 35.9 Å². The second-order valence-electron chi connectivity index (χ2n) is 10.6. The van der Waals surface area contributed by atoms with Crippen molar-refractivity contribution in [3.05, 3.63) is 59.8 Å². The second-order valence-corrected chi connectivity index (χ2v) is 11.7. The van der Waals surface area contributed by atoms with E-state index in [0.29, 0.717) is 12.5 Å². The summed E-state index contributed by atoms with van der Waals surface area (Å²) in [5.41, 5.74) is 4.42. The fraction of sp³-hybridized carbons (Fsp3) is 0.414. The number of aromatic amines is 1. The molecule has 35 heavy (non-hydrogen) atoms. The number of nitrogens with one attached hydrogen (secondary N) is 1. The second kappa shape index (κ2) is 9.75. The molecule has 5 rings (SSSR count). The Morgan fingerprint density at radius 3 is 2.86 bits per heavy atom. The molecule has 1 unspecified atom stereocenters. The van der Waals surface area contributed by atoms with Gasteiger partial charge in [0.15, 0.2) is 0 Å². The minimum Gasteiger partial charge on any atom is -0.487 e. The number of rotatable bonds is 7. The van der Waals surface area contributed by atoms with Crippen molar-refractivity contribution >= 4 is 34.2 Å². The van der Waals surface area contributed by atoms with Crippen LogP contribution in [0.3, 0.4) is 0 Å². The van der Waals surface area contributed by atoms with E-state index in [-0.39, 0.29) is 12.0 Å². The number of carboxylic acid groups (broad SMARTS) is 1. The Morgan fingerprint density at radius 2 is 2.06 bits per heavy atom. The minimum absolute atomic E-state index is 0.127. The summed E-state index contributed by atoms with van der Waals surface area (Å²) in [6.07, 6.45) is 6.55. The fourth-order valence-corrected chi connectivity index (χ4v) is 6.21. The molecule has 0 radical (unpaired) electrons. The topological polar surface area (TPSA) is 65.6 Å². The molecule has 2 aliphatic rings. The zero-order valence-corrected chi connectivity index (χ0v) is 21.6. The van der Waals surface area contributed by atoms with E-state index < -0.39 is 5.97 Å². The van der Waals surface area contributed by atoms with Crippen LogP contribution in [0.2, 0.25) is 0 Å². The number of hydrogen-bond donors (Lipinski definition) is 2. The summed E-state index contributed by atoms with van der Waals surface area (Å²) in [6, 6.07) is 15.3. The first-order chi connectivity index (χ1) is 16.8. The summed E-state index contributed by atoms with van der Waals surface area (Å²) in [4.78, 5) is 19.7. The number of aryl methyl sites for hydroxylation is 1. The van der Waals surface area contributed by atoms with Crippen LogP contribution in [-0.4, -0.2) is 45.7 Å². The van der Waals surface area contributed by atoms with E-state index in [4.69, 9.17) is 4.74 Å². The number of carbonyl (C=O) groups is 1. The quantitative estimate of drug-likeness (QED) is 0.383. The molecule has 2 aromatic carbocycles. The van der Waals surface area contributed by atoms with Crippen LogP contribution in [0.1, 0.15) is 57.7 Å². The lowest BCUT2D eigenvalue weighted by atomic mass is 9.91. The van der Waals surface area contributed by atoms with Crippen LogP contribution in [0.15, 0.2) is 58.3 Å². The van der Waals surface area contributed by atoms with E-state index in [1.807, 2.05) is 18.2 Å². The number of para-hydroxylation sites is 1. The summed E-state index contributed by atoms with van der Waals surface area (Å²) >= 11 is 1.71. The molecule has 1 atom stereocenters. The van der Waals surface area contributed by atoms with E-state index in [2.05, 4.69) is 61.0 Å². The summed E-state index contributed by atoms with van der Waals surface area (Å²) in [5, 5.41) is 10.5. The molecule has 0 saturated carbocycles. The van der Waals surface area contributed by atoms with Gasteiger partial charge in [-0.3, -0.25) is 9.69 Å². The number of hydrogen-bond acceptors (Lipinski definition) is 4. The lowest BCUT2D eigenvalue weighted by Gasteiger charge is -2.29. The van der Waals surface area contributed by atoms with Gasteiger partial charge in [-0.15, -0.1) is 0 Å². The van der Waals surface area contributed by atoms with Gasteiger partial charge in [0.25, 0.3) is 0 Å². The maximum atomic E-state index is 11.4. The maximum Gasteiger partial charge on any atom is 0.303 e. The van der Waals surface area contributed by atoms with Crippen molar-refractivity contribution in [3.63, 3.8) is 0 Å². The minimum atomic E-state index is -0.763. The molecule has 0 aliphatic carbocycles. The highest BCUT2D eigenvalue weighted by atomic mass is 32.2. The molecule has 0 spiro atoms. The Labute approximate surface area is 211 Å². The molecule has 3 aromatic rings. The third kappa shape index (κ3) is 5.44. The number of fused-ring (bicyclic) bond motifs is 2. The Kier molecular flexibility index (Phi) is 6.69. The van der Waals surface area contributed by atoms with Crippen molar-refractivity contribution in [2.75, 3.05) is 13.1 Å². The smallest absolute Gasteiger partial charge is 0.303 e. The SMILES string of the molecule is CC(C)(C)Oc1ccccc1Sc1ccc2[nH]c(CCC(=O)O)c(C3=CCN4CCCC4C3)c2c1. The first-order valence-electron chi connectivity index (χ1n) is 12.5.